The van der Waals surface area contributed by atoms with Crippen molar-refractivity contribution in [1.82, 2.24) is 9.55 Å². The van der Waals surface area contributed by atoms with Crippen molar-refractivity contribution in [2.24, 2.45) is 0 Å². The Balaban J connectivity index is 2.43. The molecule has 0 saturated carbocycles. The topological polar surface area (TPSA) is 52.0 Å². The van der Waals surface area contributed by atoms with Crippen molar-refractivity contribution in [1.29, 1.82) is 0 Å². The summed E-state index contributed by atoms with van der Waals surface area (Å²) in [6, 6.07) is 5.12. The molecule has 0 amide bonds. The highest BCUT2D eigenvalue weighted by Crippen LogP contribution is 2.23. The van der Waals surface area contributed by atoms with Gasteiger partial charge in [0, 0.05) is 33.3 Å². The second-order valence-corrected chi connectivity index (χ2v) is 7.51. The molecule has 1 aromatic carbocycles. The first-order valence-corrected chi connectivity index (χ1v) is 8.82. The van der Waals surface area contributed by atoms with Crippen LogP contribution in [0, 0.1) is 0 Å². The maximum Gasteiger partial charge on any atom is 0.280 e. The molecule has 0 aliphatic carbocycles. The van der Waals surface area contributed by atoms with Crippen molar-refractivity contribution in [3.05, 3.63) is 45.8 Å². The highest BCUT2D eigenvalue weighted by atomic mass is 35.7. The molecular weight excluding hydrogens is 343 g/mol. The summed E-state index contributed by atoms with van der Waals surface area (Å²) in [5.41, 5.74) is 0.782. The largest absolute Gasteiger partial charge is 0.329 e. The van der Waals surface area contributed by atoms with Gasteiger partial charge in [-0.05, 0) is 23.8 Å². The van der Waals surface area contributed by atoms with Crippen LogP contribution in [0.5, 0.6) is 0 Å². The van der Waals surface area contributed by atoms with E-state index in [1.54, 1.807) is 22.8 Å². The van der Waals surface area contributed by atoms with Crippen LogP contribution < -0.4 is 0 Å². The van der Waals surface area contributed by atoms with E-state index in [4.69, 9.17) is 33.9 Å². The van der Waals surface area contributed by atoms with Crippen LogP contribution in [-0.4, -0.2) is 18.0 Å². The molecule has 0 radical (unpaired) electrons. The molecule has 0 fully saturated rings. The molecule has 0 aliphatic heterocycles. The van der Waals surface area contributed by atoms with Crippen LogP contribution in [0.2, 0.25) is 10.0 Å². The SMILES string of the molecule is CCc1nc(S(=O)(=O)Cl)cn1Cc1cc(Cl)ccc1Cl. The normalized spacial score (nSPS) is 11.8. The van der Waals surface area contributed by atoms with Gasteiger partial charge in [-0.1, -0.05) is 30.1 Å². The third kappa shape index (κ3) is 3.47. The predicted octanol–water partition coefficient (Wildman–Crippen LogP) is 3.73. The first-order chi connectivity index (χ1) is 9.31. The first-order valence-electron chi connectivity index (χ1n) is 5.76. The standard InChI is InChI=1S/C12H11Cl3N2O2S/c1-2-11-16-12(20(15,18)19)7-17(11)6-8-5-9(13)3-4-10(8)14/h3-5,7H,2,6H2,1H3. The zero-order chi connectivity index (χ0) is 14.9. The zero-order valence-electron chi connectivity index (χ0n) is 10.5. The molecule has 1 aromatic heterocycles. The lowest BCUT2D eigenvalue weighted by Crippen LogP contribution is -2.03. The van der Waals surface area contributed by atoms with Crippen LogP contribution in [0.15, 0.2) is 29.4 Å². The molecule has 2 rings (SSSR count). The lowest BCUT2D eigenvalue weighted by molar-refractivity contribution is 0.606. The van der Waals surface area contributed by atoms with Gasteiger partial charge in [0.25, 0.3) is 9.05 Å². The van der Waals surface area contributed by atoms with Crippen molar-refractivity contribution in [2.45, 2.75) is 24.9 Å². The van der Waals surface area contributed by atoms with Gasteiger partial charge in [-0.3, -0.25) is 0 Å². The van der Waals surface area contributed by atoms with Gasteiger partial charge in [0.1, 0.15) is 5.82 Å². The third-order valence-corrected chi connectivity index (χ3v) is 4.53. The lowest BCUT2D eigenvalue weighted by Gasteiger charge is -2.08. The molecule has 20 heavy (non-hydrogen) atoms. The molecule has 0 unspecified atom stereocenters. The van der Waals surface area contributed by atoms with E-state index in [9.17, 15) is 8.42 Å². The fraction of sp³-hybridized carbons (Fsp3) is 0.250. The summed E-state index contributed by atoms with van der Waals surface area (Å²) in [6.45, 7) is 2.25. The Kier molecular flexibility index (Phi) is 4.64. The Bertz CT molecular complexity index is 741. The maximum atomic E-state index is 11.3. The van der Waals surface area contributed by atoms with Crippen molar-refractivity contribution in [2.75, 3.05) is 0 Å². The van der Waals surface area contributed by atoms with Gasteiger partial charge in [0.2, 0.25) is 0 Å². The minimum atomic E-state index is -3.84. The fourth-order valence-corrected chi connectivity index (χ4v) is 2.88. The maximum absolute atomic E-state index is 11.3. The summed E-state index contributed by atoms with van der Waals surface area (Å²) < 4.78 is 24.4. The molecule has 0 N–H and O–H groups in total. The number of halogens is 3. The van der Waals surface area contributed by atoms with E-state index in [-0.39, 0.29) is 5.03 Å². The average Bonchev–Trinajstić information content (AvgIpc) is 2.77. The number of benzene rings is 1. The minimum Gasteiger partial charge on any atom is -0.329 e. The highest BCUT2D eigenvalue weighted by Gasteiger charge is 2.17. The highest BCUT2D eigenvalue weighted by molar-refractivity contribution is 8.13. The number of imidazole rings is 1. The van der Waals surface area contributed by atoms with Gasteiger partial charge in [-0.15, -0.1) is 0 Å². The quantitative estimate of drug-likeness (QED) is 0.787. The summed E-state index contributed by atoms with van der Waals surface area (Å²) in [5, 5.41) is 0.961. The van der Waals surface area contributed by atoms with Crippen LogP contribution >= 0.6 is 33.9 Å². The van der Waals surface area contributed by atoms with Crippen LogP contribution in [-0.2, 0) is 22.0 Å². The summed E-state index contributed by atoms with van der Waals surface area (Å²) >= 11 is 12.0. The van der Waals surface area contributed by atoms with Crippen molar-refractivity contribution in [3.63, 3.8) is 0 Å². The molecule has 0 atom stereocenters. The summed E-state index contributed by atoms with van der Waals surface area (Å²) in [7, 11) is 1.47. The molecule has 0 spiro atoms. The number of aromatic nitrogens is 2. The Morgan fingerprint density at radius 3 is 2.60 bits per heavy atom. The number of aryl methyl sites for hydroxylation is 1. The Hall–Kier alpha value is -0.750. The number of hydrogen-bond acceptors (Lipinski definition) is 3. The van der Waals surface area contributed by atoms with Crippen LogP contribution in [0.3, 0.4) is 0 Å². The first kappa shape index (κ1) is 15.6. The Labute approximate surface area is 131 Å². The summed E-state index contributed by atoms with van der Waals surface area (Å²) in [6.07, 6.45) is 1.98. The van der Waals surface area contributed by atoms with E-state index in [1.807, 2.05) is 6.92 Å². The average molecular weight is 354 g/mol. The van der Waals surface area contributed by atoms with Crippen molar-refractivity contribution in [3.8, 4) is 0 Å². The van der Waals surface area contributed by atoms with Crippen LogP contribution in [0.4, 0.5) is 0 Å². The van der Waals surface area contributed by atoms with Gasteiger partial charge in [-0.2, -0.15) is 0 Å². The van der Waals surface area contributed by atoms with E-state index in [1.165, 1.54) is 6.20 Å². The van der Waals surface area contributed by atoms with Gasteiger partial charge in [-0.25, -0.2) is 13.4 Å². The molecule has 1 heterocycles. The zero-order valence-corrected chi connectivity index (χ0v) is 13.6. The Morgan fingerprint density at radius 1 is 1.30 bits per heavy atom. The van der Waals surface area contributed by atoms with Gasteiger partial charge >= 0.3 is 0 Å². The van der Waals surface area contributed by atoms with E-state index in [2.05, 4.69) is 4.98 Å². The number of rotatable bonds is 4. The van der Waals surface area contributed by atoms with Crippen LogP contribution in [0.1, 0.15) is 18.3 Å². The molecule has 0 aliphatic rings. The fourth-order valence-electron chi connectivity index (χ4n) is 1.81. The Morgan fingerprint density at radius 2 is 2.00 bits per heavy atom. The molecule has 108 valence electrons. The van der Waals surface area contributed by atoms with Gasteiger partial charge in [0.15, 0.2) is 5.03 Å². The second kappa shape index (κ2) is 5.93. The van der Waals surface area contributed by atoms with Gasteiger partial charge < -0.3 is 4.57 Å². The van der Waals surface area contributed by atoms with E-state index in [0.717, 1.165) is 5.56 Å². The lowest BCUT2D eigenvalue weighted by atomic mass is 10.2. The van der Waals surface area contributed by atoms with E-state index >= 15 is 0 Å². The molecule has 2 aromatic rings. The third-order valence-electron chi connectivity index (χ3n) is 2.75. The summed E-state index contributed by atoms with van der Waals surface area (Å²) in [5.74, 6) is 0.611. The monoisotopic (exact) mass is 352 g/mol. The van der Waals surface area contributed by atoms with E-state index < -0.39 is 9.05 Å². The van der Waals surface area contributed by atoms with E-state index in [0.29, 0.717) is 28.8 Å². The second-order valence-electron chi connectivity index (χ2n) is 4.15. The molecular formula is C12H11Cl3N2O2S. The molecule has 8 heteroatoms. The molecule has 4 nitrogen and oxygen atoms in total. The number of nitrogens with zero attached hydrogens (tertiary/aromatic N) is 2. The van der Waals surface area contributed by atoms with Crippen molar-refractivity contribution >= 4 is 42.9 Å². The molecule has 0 bridgehead atoms. The van der Waals surface area contributed by atoms with Gasteiger partial charge in [0.05, 0.1) is 6.54 Å². The predicted molar refractivity (Wildman–Crippen MR) is 80.2 cm³/mol. The van der Waals surface area contributed by atoms with Crippen molar-refractivity contribution < 1.29 is 8.42 Å². The number of hydrogen-bond donors (Lipinski definition) is 0. The molecule has 0 saturated heterocycles. The van der Waals surface area contributed by atoms with Crippen LogP contribution in [0.25, 0.3) is 0 Å². The smallest absolute Gasteiger partial charge is 0.280 e. The summed E-state index contributed by atoms with van der Waals surface area (Å²) in [4.78, 5) is 4.02. The minimum absolute atomic E-state index is 0.158.